The van der Waals surface area contributed by atoms with E-state index in [9.17, 15) is 10.2 Å². The molecule has 0 saturated carbocycles. The van der Waals surface area contributed by atoms with E-state index >= 15 is 0 Å². The SMILES string of the molecule is Oc1ccc(-c2cccc3ccccc23)cc1.Oc1cccc2ccccc12. The maximum Gasteiger partial charge on any atom is 0.123 e. The van der Waals surface area contributed by atoms with Crippen molar-refractivity contribution in [1.82, 2.24) is 0 Å². The van der Waals surface area contributed by atoms with Crippen LogP contribution in [0.25, 0.3) is 32.7 Å². The lowest BCUT2D eigenvalue weighted by Gasteiger charge is -2.06. The Balaban J connectivity index is 0.000000151. The van der Waals surface area contributed by atoms with Crippen molar-refractivity contribution in [3.63, 3.8) is 0 Å². The quantitative estimate of drug-likeness (QED) is 0.345. The van der Waals surface area contributed by atoms with Crippen LogP contribution < -0.4 is 0 Å². The molecule has 2 nitrogen and oxygen atoms in total. The molecule has 0 fully saturated rings. The minimum atomic E-state index is 0.300. The van der Waals surface area contributed by atoms with Crippen molar-refractivity contribution >= 4 is 21.5 Å². The molecule has 136 valence electrons. The molecule has 0 aliphatic heterocycles. The third kappa shape index (κ3) is 3.67. The lowest BCUT2D eigenvalue weighted by atomic mass is 9.98. The van der Waals surface area contributed by atoms with Gasteiger partial charge in [-0.1, -0.05) is 91.0 Å². The number of benzene rings is 5. The van der Waals surface area contributed by atoms with Gasteiger partial charge in [0.2, 0.25) is 0 Å². The molecule has 5 rings (SSSR count). The summed E-state index contributed by atoms with van der Waals surface area (Å²) in [5.74, 6) is 0.650. The van der Waals surface area contributed by atoms with E-state index in [-0.39, 0.29) is 0 Å². The van der Waals surface area contributed by atoms with Gasteiger partial charge >= 0.3 is 0 Å². The Morgan fingerprint density at radius 1 is 0.429 bits per heavy atom. The Bertz CT molecular complexity index is 1210. The van der Waals surface area contributed by atoms with Gasteiger partial charge in [0.1, 0.15) is 11.5 Å². The zero-order valence-corrected chi connectivity index (χ0v) is 15.3. The van der Waals surface area contributed by atoms with Crippen LogP contribution in [0, 0.1) is 0 Å². The van der Waals surface area contributed by atoms with Crippen LogP contribution in [0.3, 0.4) is 0 Å². The fourth-order valence-corrected chi connectivity index (χ4v) is 3.33. The fourth-order valence-electron chi connectivity index (χ4n) is 3.33. The summed E-state index contributed by atoms with van der Waals surface area (Å²) in [7, 11) is 0. The highest BCUT2D eigenvalue weighted by Gasteiger charge is 2.02. The second-order valence-electron chi connectivity index (χ2n) is 6.57. The third-order valence-electron chi connectivity index (χ3n) is 4.73. The third-order valence-corrected chi connectivity index (χ3v) is 4.73. The van der Waals surface area contributed by atoms with E-state index in [0.29, 0.717) is 11.5 Å². The first-order chi connectivity index (χ1) is 13.7. The maximum atomic E-state index is 9.37. The second kappa shape index (κ2) is 7.85. The standard InChI is InChI=1S/C16H12O.C10H8O/c17-14-10-8-13(9-11-14)16-7-3-5-12-4-1-2-6-15(12)16;11-10-7-3-5-8-4-1-2-6-9(8)10/h1-11,17H;1-7,11H. The van der Waals surface area contributed by atoms with Crippen LogP contribution in [0.4, 0.5) is 0 Å². The van der Waals surface area contributed by atoms with Crippen molar-refractivity contribution < 1.29 is 10.2 Å². The molecule has 0 aliphatic rings. The van der Waals surface area contributed by atoms with E-state index in [1.165, 1.54) is 16.3 Å². The van der Waals surface area contributed by atoms with Gasteiger partial charge < -0.3 is 10.2 Å². The predicted molar refractivity (Wildman–Crippen MR) is 117 cm³/mol. The molecule has 0 unspecified atom stereocenters. The van der Waals surface area contributed by atoms with E-state index < -0.39 is 0 Å². The average Bonchev–Trinajstić information content (AvgIpc) is 2.75. The fraction of sp³-hybridized carbons (Fsp3) is 0. The van der Waals surface area contributed by atoms with Crippen molar-refractivity contribution in [1.29, 1.82) is 0 Å². The second-order valence-corrected chi connectivity index (χ2v) is 6.57. The number of aromatic hydroxyl groups is 2. The first-order valence-corrected chi connectivity index (χ1v) is 9.16. The molecule has 0 saturated heterocycles. The van der Waals surface area contributed by atoms with Gasteiger partial charge in [0.05, 0.1) is 0 Å². The topological polar surface area (TPSA) is 40.5 Å². The number of rotatable bonds is 1. The van der Waals surface area contributed by atoms with E-state index in [1.54, 1.807) is 18.2 Å². The Morgan fingerprint density at radius 2 is 0.964 bits per heavy atom. The number of fused-ring (bicyclic) bond motifs is 2. The highest BCUT2D eigenvalue weighted by Crippen LogP contribution is 2.29. The minimum Gasteiger partial charge on any atom is -0.508 e. The Labute approximate surface area is 164 Å². The van der Waals surface area contributed by atoms with Crippen LogP contribution in [0.15, 0.2) is 109 Å². The predicted octanol–water partition coefficient (Wildman–Crippen LogP) is 6.76. The zero-order chi connectivity index (χ0) is 19.3. The Hall–Kier alpha value is -3.78. The Kier molecular flexibility index (Phi) is 4.94. The molecule has 0 heterocycles. The first kappa shape index (κ1) is 17.6. The van der Waals surface area contributed by atoms with Crippen molar-refractivity contribution in [3.05, 3.63) is 109 Å². The van der Waals surface area contributed by atoms with Crippen LogP contribution in [0.2, 0.25) is 0 Å². The number of hydrogen-bond donors (Lipinski definition) is 2. The summed E-state index contributed by atoms with van der Waals surface area (Å²) in [6.07, 6.45) is 0. The van der Waals surface area contributed by atoms with E-state index in [1.807, 2.05) is 60.7 Å². The summed E-state index contributed by atoms with van der Waals surface area (Å²) in [6.45, 7) is 0. The molecule has 2 N–H and O–H groups in total. The molecule has 28 heavy (non-hydrogen) atoms. The van der Waals surface area contributed by atoms with Gasteiger partial charge in [0.15, 0.2) is 0 Å². The van der Waals surface area contributed by atoms with Gasteiger partial charge in [-0.15, -0.1) is 0 Å². The maximum absolute atomic E-state index is 9.37. The highest BCUT2D eigenvalue weighted by atomic mass is 16.3. The lowest BCUT2D eigenvalue weighted by molar-refractivity contribution is 0.475. The number of hydrogen-bond acceptors (Lipinski definition) is 2. The molecule has 0 radical (unpaired) electrons. The molecular weight excluding hydrogens is 344 g/mol. The molecule has 0 amide bonds. The summed E-state index contributed by atoms with van der Waals surface area (Å²) in [4.78, 5) is 0. The van der Waals surface area contributed by atoms with Crippen LogP contribution in [-0.2, 0) is 0 Å². The summed E-state index contributed by atoms with van der Waals surface area (Å²) >= 11 is 0. The van der Waals surface area contributed by atoms with Crippen molar-refractivity contribution in [2.45, 2.75) is 0 Å². The van der Waals surface area contributed by atoms with Gasteiger partial charge in [0.25, 0.3) is 0 Å². The molecule has 0 bridgehead atoms. The first-order valence-electron chi connectivity index (χ1n) is 9.16. The molecular formula is C26H20O2. The van der Waals surface area contributed by atoms with Gasteiger partial charge in [-0.2, -0.15) is 0 Å². The van der Waals surface area contributed by atoms with E-state index in [0.717, 1.165) is 16.3 Å². The van der Waals surface area contributed by atoms with Crippen molar-refractivity contribution in [3.8, 4) is 22.6 Å². The average molecular weight is 364 g/mol. The summed E-state index contributed by atoms with van der Waals surface area (Å²) < 4.78 is 0. The number of phenols is 2. The normalized spacial score (nSPS) is 10.4. The van der Waals surface area contributed by atoms with Gasteiger partial charge in [-0.05, 0) is 45.5 Å². The smallest absolute Gasteiger partial charge is 0.123 e. The number of phenolic OH excluding ortho intramolecular Hbond substituents is 2. The van der Waals surface area contributed by atoms with Crippen LogP contribution in [0.5, 0.6) is 11.5 Å². The van der Waals surface area contributed by atoms with E-state index in [2.05, 4.69) is 30.3 Å². The molecule has 0 spiro atoms. The van der Waals surface area contributed by atoms with Crippen LogP contribution in [0.1, 0.15) is 0 Å². The van der Waals surface area contributed by atoms with E-state index in [4.69, 9.17) is 0 Å². The molecule has 0 atom stereocenters. The molecule has 5 aromatic carbocycles. The van der Waals surface area contributed by atoms with Crippen LogP contribution in [-0.4, -0.2) is 10.2 Å². The summed E-state index contributed by atoms with van der Waals surface area (Å²) in [5.41, 5.74) is 2.32. The van der Waals surface area contributed by atoms with Crippen molar-refractivity contribution in [2.24, 2.45) is 0 Å². The lowest BCUT2D eigenvalue weighted by Crippen LogP contribution is -1.80. The highest BCUT2D eigenvalue weighted by molar-refractivity contribution is 5.96. The summed E-state index contributed by atoms with van der Waals surface area (Å²) in [6, 6.07) is 35.2. The van der Waals surface area contributed by atoms with Gasteiger partial charge in [-0.25, -0.2) is 0 Å². The van der Waals surface area contributed by atoms with Gasteiger partial charge in [0, 0.05) is 5.39 Å². The minimum absolute atomic E-state index is 0.300. The Morgan fingerprint density at radius 3 is 1.64 bits per heavy atom. The largest absolute Gasteiger partial charge is 0.508 e. The van der Waals surface area contributed by atoms with Crippen LogP contribution >= 0.6 is 0 Å². The molecule has 0 aromatic heterocycles. The monoisotopic (exact) mass is 364 g/mol. The molecule has 2 heteroatoms. The summed E-state index contributed by atoms with van der Waals surface area (Å²) in [5, 5.41) is 23.1. The molecule has 0 aliphatic carbocycles. The zero-order valence-electron chi connectivity index (χ0n) is 15.3. The van der Waals surface area contributed by atoms with Gasteiger partial charge in [-0.3, -0.25) is 0 Å². The molecule has 5 aromatic rings. The van der Waals surface area contributed by atoms with Crippen molar-refractivity contribution in [2.75, 3.05) is 0 Å².